The van der Waals surface area contributed by atoms with E-state index in [9.17, 15) is 0 Å². The van der Waals surface area contributed by atoms with E-state index in [-0.39, 0.29) is 0 Å². The molecule has 0 saturated heterocycles. The Balaban J connectivity index is 0.957. The van der Waals surface area contributed by atoms with Crippen LogP contribution in [0.2, 0.25) is 0 Å². The number of nitrogens with zero attached hydrogens (tertiary/aromatic N) is 2. The molecule has 2 heterocycles. The molecule has 2 aromatic heterocycles. The lowest BCUT2D eigenvalue weighted by Crippen LogP contribution is -2.10. The average Bonchev–Trinajstić information content (AvgIpc) is 3.92. The Labute approximate surface area is 346 Å². The number of anilines is 3. The van der Waals surface area contributed by atoms with Gasteiger partial charge in [-0.1, -0.05) is 158 Å². The van der Waals surface area contributed by atoms with Crippen molar-refractivity contribution in [2.45, 2.75) is 0 Å². The molecule has 9 aromatic carbocycles. The van der Waals surface area contributed by atoms with Crippen molar-refractivity contribution in [3.8, 4) is 55.1 Å². The molecule has 11 aromatic rings. The zero-order valence-electron chi connectivity index (χ0n) is 32.0. The highest BCUT2D eigenvalue weighted by molar-refractivity contribution is 7.22. The largest absolute Gasteiger partial charge is 0.456 e. The first-order valence-corrected chi connectivity index (χ1v) is 20.7. The lowest BCUT2D eigenvalue weighted by Gasteiger charge is -2.26. The van der Waals surface area contributed by atoms with Crippen LogP contribution in [0.4, 0.5) is 17.1 Å². The van der Waals surface area contributed by atoms with Gasteiger partial charge in [-0.05, 0) is 105 Å². The fraction of sp³-hybridized carbons (Fsp3) is 0. The van der Waals surface area contributed by atoms with E-state index in [2.05, 4.69) is 217 Å². The number of thiazole rings is 1. The Morgan fingerprint density at radius 3 is 1.42 bits per heavy atom. The first-order valence-electron chi connectivity index (χ1n) is 19.9. The summed E-state index contributed by atoms with van der Waals surface area (Å²) in [5.41, 5.74) is 16.6. The predicted octanol–water partition coefficient (Wildman–Crippen LogP) is 16.0. The van der Waals surface area contributed by atoms with Gasteiger partial charge in [0.1, 0.15) is 16.2 Å². The van der Waals surface area contributed by atoms with E-state index in [4.69, 9.17) is 9.40 Å². The van der Waals surface area contributed by atoms with Gasteiger partial charge in [-0.2, -0.15) is 0 Å². The van der Waals surface area contributed by atoms with E-state index >= 15 is 0 Å². The fourth-order valence-electron chi connectivity index (χ4n) is 8.12. The van der Waals surface area contributed by atoms with E-state index in [0.29, 0.717) is 0 Å². The van der Waals surface area contributed by atoms with Crippen LogP contribution in [0.5, 0.6) is 0 Å². The van der Waals surface area contributed by atoms with Crippen molar-refractivity contribution in [1.82, 2.24) is 4.98 Å². The first-order chi connectivity index (χ1) is 29.2. The molecule has 11 rings (SSSR count). The van der Waals surface area contributed by atoms with Crippen LogP contribution in [0.3, 0.4) is 0 Å². The van der Waals surface area contributed by atoms with Crippen LogP contribution in [0, 0.1) is 0 Å². The maximum Gasteiger partial charge on any atom is 0.137 e. The Morgan fingerprint density at radius 1 is 0.356 bits per heavy atom. The van der Waals surface area contributed by atoms with Gasteiger partial charge in [0.25, 0.3) is 0 Å². The van der Waals surface area contributed by atoms with Crippen molar-refractivity contribution >= 4 is 60.6 Å². The Bertz CT molecular complexity index is 3230. The van der Waals surface area contributed by atoms with Gasteiger partial charge in [0.2, 0.25) is 0 Å². The molecule has 59 heavy (non-hydrogen) atoms. The summed E-state index contributed by atoms with van der Waals surface area (Å²) in [4.78, 5) is 7.35. The summed E-state index contributed by atoms with van der Waals surface area (Å²) in [6.07, 6.45) is 0. The average molecular weight is 773 g/mol. The second kappa shape index (κ2) is 14.8. The molecule has 0 atom stereocenters. The minimum Gasteiger partial charge on any atom is -0.456 e. The zero-order valence-corrected chi connectivity index (χ0v) is 32.8. The molecule has 0 aliphatic heterocycles. The van der Waals surface area contributed by atoms with Crippen molar-refractivity contribution in [2.75, 3.05) is 4.90 Å². The lowest BCUT2D eigenvalue weighted by atomic mass is 9.99. The standard InChI is InChI=1S/C55H36N2OS/c1-4-11-37(12-5-1)39-19-21-40(22-20-39)41-23-28-46(29-24-41)57(48-18-10-17-44(35-48)38-13-6-2-7-14-38)47-30-25-42(26-31-47)45-27-33-51-49(36-45)53-52(58-51)34-32-50-54(53)59-55(56-50)43-15-8-3-9-16-43/h1-36H. The van der Waals surface area contributed by atoms with E-state index in [0.717, 1.165) is 70.9 Å². The van der Waals surface area contributed by atoms with Gasteiger partial charge in [0.05, 0.1) is 10.2 Å². The number of rotatable bonds is 8. The van der Waals surface area contributed by atoms with Gasteiger partial charge >= 0.3 is 0 Å². The molecule has 0 amide bonds. The van der Waals surface area contributed by atoms with Crippen LogP contribution in [-0.2, 0) is 0 Å². The minimum atomic E-state index is 0.877. The molecule has 0 saturated carbocycles. The number of furan rings is 1. The molecule has 4 heteroatoms. The van der Waals surface area contributed by atoms with Crippen LogP contribution in [0.25, 0.3) is 87.2 Å². The first kappa shape index (κ1) is 34.7. The zero-order chi connectivity index (χ0) is 39.1. The molecule has 278 valence electrons. The molecule has 0 fully saturated rings. The molecular weight excluding hydrogens is 737 g/mol. The molecular formula is C55H36N2OS. The molecule has 0 spiro atoms. The monoisotopic (exact) mass is 772 g/mol. The third kappa shape index (κ3) is 6.56. The predicted molar refractivity (Wildman–Crippen MR) is 249 cm³/mol. The summed E-state index contributed by atoms with van der Waals surface area (Å²) < 4.78 is 7.54. The van der Waals surface area contributed by atoms with Gasteiger partial charge in [-0.25, -0.2) is 4.98 Å². The summed E-state index contributed by atoms with van der Waals surface area (Å²) in [5, 5.41) is 3.24. The van der Waals surface area contributed by atoms with Crippen LogP contribution >= 0.6 is 11.3 Å². The summed E-state index contributed by atoms with van der Waals surface area (Å²) in [6.45, 7) is 0. The molecule has 0 bridgehead atoms. The van der Waals surface area contributed by atoms with Crippen molar-refractivity contribution in [3.63, 3.8) is 0 Å². The lowest BCUT2D eigenvalue weighted by molar-refractivity contribution is 0.669. The second-order valence-electron chi connectivity index (χ2n) is 14.8. The van der Waals surface area contributed by atoms with Crippen molar-refractivity contribution in [3.05, 3.63) is 218 Å². The molecule has 0 aliphatic rings. The Hall–Kier alpha value is -7.53. The number of fused-ring (bicyclic) bond motifs is 5. The highest BCUT2D eigenvalue weighted by atomic mass is 32.1. The molecule has 0 unspecified atom stereocenters. The number of benzene rings is 9. The molecule has 0 radical (unpaired) electrons. The highest BCUT2D eigenvalue weighted by Gasteiger charge is 2.18. The van der Waals surface area contributed by atoms with E-state index in [1.807, 2.05) is 6.07 Å². The van der Waals surface area contributed by atoms with Crippen LogP contribution in [0.1, 0.15) is 0 Å². The number of hydrogen-bond donors (Lipinski definition) is 0. The van der Waals surface area contributed by atoms with E-state index in [1.165, 1.54) is 33.4 Å². The number of hydrogen-bond acceptors (Lipinski definition) is 4. The van der Waals surface area contributed by atoms with Crippen LogP contribution < -0.4 is 4.90 Å². The van der Waals surface area contributed by atoms with Crippen LogP contribution in [0.15, 0.2) is 223 Å². The second-order valence-corrected chi connectivity index (χ2v) is 15.8. The van der Waals surface area contributed by atoms with Crippen molar-refractivity contribution in [2.24, 2.45) is 0 Å². The maximum absolute atomic E-state index is 6.39. The smallest absolute Gasteiger partial charge is 0.137 e. The number of aromatic nitrogens is 1. The Kier molecular flexibility index (Phi) is 8.68. The van der Waals surface area contributed by atoms with E-state index < -0.39 is 0 Å². The molecule has 0 aliphatic carbocycles. The van der Waals surface area contributed by atoms with Crippen LogP contribution in [-0.4, -0.2) is 4.98 Å². The normalized spacial score (nSPS) is 11.4. The van der Waals surface area contributed by atoms with Gasteiger partial charge in [0, 0.05) is 33.4 Å². The third-order valence-corrected chi connectivity index (χ3v) is 12.3. The SMILES string of the molecule is c1ccc(-c2ccc(-c3ccc(N(c4ccc(-c5ccc6oc7ccc8nc(-c9ccccc9)sc8c7c6c5)cc4)c4cccc(-c5ccccc5)c4)cc3)cc2)cc1. The van der Waals surface area contributed by atoms with Crippen molar-refractivity contribution in [1.29, 1.82) is 0 Å². The topological polar surface area (TPSA) is 29.3 Å². The van der Waals surface area contributed by atoms with Gasteiger partial charge in [0.15, 0.2) is 0 Å². The van der Waals surface area contributed by atoms with Gasteiger partial charge in [-0.15, -0.1) is 11.3 Å². The van der Waals surface area contributed by atoms with Gasteiger partial charge < -0.3 is 9.32 Å². The molecule has 3 nitrogen and oxygen atoms in total. The maximum atomic E-state index is 6.39. The summed E-state index contributed by atoms with van der Waals surface area (Å²) in [7, 11) is 0. The highest BCUT2D eigenvalue weighted by Crippen LogP contribution is 2.42. The molecule has 0 N–H and O–H groups in total. The minimum absolute atomic E-state index is 0.877. The summed E-state index contributed by atoms with van der Waals surface area (Å²) >= 11 is 1.72. The summed E-state index contributed by atoms with van der Waals surface area (Å²) in [5.74, 6) is 0. The van der Waals surface area contributed by atoms with Gasteiger partial charge in [-0.3, -0.25) is 0 Å². The fourth-order valence-corrected chi connectivity index (χ4v) is 9.25. The van der Waals surface area contributed by atoms with E-state index in [1.54, 1.807) is 11.3 Å². The third-order valence-electron chi connectivity index (χ3n) is 11.1. The quantitative estimate of drug-likeness (QED) is 0.154. The summed E-state index contributed by atoms with van der Waals surface area (Å²) in [6, 6.07) is 77.6. The Morgan fingerprint density at radius 2 is 0.814 bits per heavy atom. The van der Waals surface area contributed by atoms with Crippen molar-refractivity contribution < 1.29 is 4.42 Å².